The van der Waals surface area contributed by atoms with Crippen molar-refractivity contribution in [2.75, 3.05) is 6.61 Å². The van der Waals surface area contributed by atoms with Gasteiger partial charge in [-0.2, -0.15) is 0 Å². The number of nitrogens with one attached hydrogen (secondary N) is 1. The Hall–Kier alpha value is -1.46. The Bertz CT molecular complexity index is 409. The van der Waals surface area contributed by atoms with E-state index < -0.39 is 11.8 Å². The Kier molecular flexibility index (Phi) is 5.74. The SMILES string of the molecule is CCC(CCO)NCc1cc(C(=O)O)ccc1F. The highest BCUT2D eigenvalue weighted by molar-refractivity contribution is 5.87. The van der Waals surface area contributed by atoms with Gasteiger partial charge in [0, 0.05) is 24.8 Å². The lowest BCUT2D eigenvalue weighted by Gasteiger charge is -2.16. The van der Waals surface area contributed by atoms with Gasteiger partial charge in [0.15, 0.2) is 0 Å². The van der Waals surface area contributed by atoms with Gasteiger partial charge in [-0.05, 0) is 31.0 Å². The number of hydrogen-bond donors (Lipinski definition) is 3. The van der Waals surface area contributed by atoms with E-state index in [-0.39, 0.29) is 24.8 Å². The smallest absolute Gasteiger partial charge is 0.335 e. The molecule has 1 unspecified atom stereocenters. The van der Waals surface area contributed by atoms with Crippen LogP contribution in [-0.2, 0) is 6.54 Å². The molecule has 0 radical (unpaired) electrons. The van der Waals surface area contributed by atoms with Gasteiger partial charge in [-0.3, -0.25) is 0 Å². The van der Waals surface area contributed by atoms with Gasteiger partial charge in [-0.25, -0.2) is 9.18 Å². The Balaban J connectivity index is 2.71. The fourth-order valence-electron chi connectivity index (χ4n) is 1.70. The molecular weight excluding hydrogens is 237 g/mol. The molecule has 0 spiro atoms. The van der Waals surface area contributed by atoms with Crippen molar-refractivity contribution in [2.24, 2.45) is 0 Å². The lowest BCUT2D eigenvalue weighted by atomic mass is 10.1. The molecular formula is C13H18FNO3. The number of carboxylic acids is 1. The maximum Gasteiger partial charge on any atom is 0.335 e. The number of hydrogen-bond acceptors (Lipinski definition) is 3. The summed E-state index contributed by atoms with van der Waals surface area (Å²) in [6, 6.07) is 3.83. The number of benzene rings is 1. The standard InChI is InChI=1S/C13H18FNO3/c1-2-11(5-6-16)15-8-10-7-9(13(17)18)3-4-12(10)14/h3-4,7,11,15-16H,2,5-6,8H2,1H3,(H,17,18). The van der Waals surface area contributed by atoms with Gasteiger partial charge >= 0.3 is 5.97 Å². The van der Waals surface area contributed by atoms with Gasteiger partial charge in [-0.1, -0.05) is 6.92 Å². The third-order valence-electron chi connectivity index (χ3n) is 2.84. The van der Waals surface area contributed by atoms with Crippen molar-refractivity contribution in [3.05, 3.63) is 35.1 Å². The number of carboxylic acid groups (broad SMARTS) is 1. The van der Waals surface area contributed by atoms with Gasteiger partial charge in [0.25, 0.3) is 0 Å². The van der Waals surface area contributed by atoms with Crippen LogP contribution in [0, 0.1) is 5.82 Å². The van der Waals surface area contributed by atoms with E-state index in [9.17, 15) is 9.18 Å². The number of carbonyl (C=O) groups is 1. The average molecular weight is 255 g/mol. The first-order valence-electron chi connectivity index (χ1n) is 5.94. The van der Waals surface area contributed by atoms with Crippen molar-refractivity contribution in [1.29, 1.82) is 0 Å². The van der Waals surface area contributed by atoms with Crippen LogP contribution in [0.5, 0.6) is 0 Å². The molecule has 0 heterocycles. The third kappa shape index (κ3) is 4.09. The topological polar surface area (TPSA) is 69.6 Å². The molecule has 0 aliphatic carbocycles. The molecule has 1 atom stereocenters. The average Bonchev–Trinajstić information content (AvgIpc) is 2.35. The summed E-state index contributed by atoms with van der Waals surface area (Å²) in [4.78, 5) is 10.8. The second-order valence-electron chi connectivity index (χ2n) is 4.11. The second kappa shape index (κ2) is 7.08. The van der Waals surface area contributed by atoms with E-state index in [1.54, 1.807) is 0 Å². The number of rotatable bonds is 7. The second-order valence-corrected chi connectivity index (χ2v) is 4.11. The molecule has 1 rings (SSSR count). The summed E-state index contributed by atoms with van der Waals surface area (Å²) in [6.07, 6.45) is 1.41. The van der Waals surface area contributed by atoms with Crippen LogP contribution >= 0.6 is 0 Å². The molecule has 5 heteroatoms. The maximum absolute atomic E-state index is 13.5. The molecule has 4 nitrogen and oxygen atoms in total. The molecule has 0 saturated carbocycles. The quantitative estimate of drug-likeness (QED) is 0.694. The molecule has 100 valence electrons. The predicted octanol–water partition coefficient (Wildman–Crippen LogP) is 1.77. The van der Waals surface area contributed by atoms with Crippen LogP contribution < -0.4 is 5.32 Å². The van der Waals surface area contributed by atoms with Gasteiger partial charge < -0.3 is 15.5 Å². The molecule has 0 saturated heterocycles. The van der Waals surface area contributed by atoms with E-state index in [1.165, 1.54) is 12.1 Å². The summed E-state index contributed by atoms with van der Waals surface area (Å²) in [5.74, 6) is -1.50. The highest BCUT2D eigenvalue weighted by Crippen LogP contribution is 2.11. The van der Waals surface area contributed by atoms with Crippen molar-refractivity contribution in [3.63, 3.8) is 0 Å². The summed E-state index contributed by atoms with van der Waals surface area (Å²) in [7, 11) is 0. The van der Waals surface area contributed by atoms with Crippen LogP contribution in [-0.4, -0.2) is 28.8 Å². The van der Waals surface area contributed by atoms with Crippen molar-refractivity contribution in [3.8, 4) is 0 Å². The Morgan fingerprint density at radius 1 is 1.50 bits per heavy atom. The molecule has 0 aliphatic rings. The molecule has 0 amide bonds. The summed E-state index contributed by atoms with van der Waals surface area (Å²) in [5.41, 5.74) is 0.398. The van der Waals surface area contributed by atoms with Crippen molar-refractivity contribution >= 4 is 5.97 Å². The minimum Gasteiger partial charge on any atom is -0.478 e. The molecule has 0 aromatic heterocycles. The van der Waals surface area contributed by atoms with Crippen LogP contribution in [0.1, 0.15) is 35.7 Å². The highest BCUT2D eigenvalue weighted by Gasteiger charge is 2.10. The molecule has 0 bridgehead atoms. The van der Waals surface area contributed by atoms with E-state index in [0.29, 0.717) is 12.0 Å². The Labute approximate surface area is 105 Å². The number of aliphatic hydroxyl groups is 1. The summed E-state index contributed by atoms with van der Waals surface area (Å²) in [6.45, 7) is 2.30. The summed E-state index contributed by atoms with van der Waals surface area (Å²) >= 11 is 0. The van der Waals surface area contributed by atoms with Gasteiger partial charge in [0.2, 0.25) is 0 Å². The minimum atomic E-state index is -1.07. The fraction of sp³-hybridized carbons (Fsp3) is 0.462. The predicted molar refractivity (Wildman–Crippen MR) is 66.0 cm³/mol. The first-order chi connectivity index (χ1) is 8.58. The first kappa shape index (κ1) is 14.6. The largest absolute Gasteiger partial charge is 0.478 e. The lowest BCUT2D eigenvalue weighted by Crippen LogP contribution is -2.29. The fourth-order valence-corrected chi connectivity index (χ4v) is 1.70. The van der Waals surface area contributed by atoms with Crippen LogP contribution in [0.25, 0.3) is 0 Å². The van der Waals surface area contributed by atoms with E-state index in [0.717, 1.165) is 12.5 Å². The van der Waals surface area contributed by atoms with E-state index in [1.807, 2.05) is 6.92 Å². The zero-order valence-corrected chi connectivity index (χ0v) is 10.3. The molecule has 1 aromatic carbocycles. The maximum atomic E-state index is 13.5. The van der Waals surface area contributed by atoms with Crippen LogP contribution in [0.3, 0.4) is 0 Å². The zero-order valence-electron chi connectivity index (χ0n) is 10.3. The van der Waals surface area contributed by atoms with E-state index in [2.05, 4.69) is 5.32 Å². The normalized spacial score (nSPS) is 12.4. The van der Waals surface area contributed by atoms with Crippen molar-refractivity contribution in [1.82, 2.24) is 5.32 Å². The monoisotopic (exact) mass is 255 g/mol. The first-order valence-corrected chi connectivity index (χ1v) is 5.94. The number of aliphatic hydroxyl groups excluding tert-OH is 1. The van der Waals surface area contributed by atoms with Crippen molar-refractivity contribution in [2.45, 2.75) is 32.4 Å². The summed E-state index contributed by atoms with van der Waals surface area (Å²) < 4.78 is 13.5. The summed E-state index contributed by atoms with van der Waals surface area (Å²) in [5, 5.41) is 20.8. The Morgan fingerprint density at radius 2 is 2.22 bits per heavy atom. The van der Waals surface area contributed by atoms with Crippen molar-refractivity contribution < 1.29 is 19.4 Å². The van der Waals surface area contributed by atoms with Gasteiger partial charge in [-0.15, -0.1) is 0 Å². The Morgan fingerprint density at radius 3 is 2.78 bits per heavy atom. The van der Waals surface area contributed by atoms with Gasteiger partial charge in [0.05, 0.1) is 5.56 Å². The highest BCUT2D eigenvalue weighted by atomic mass is 19.1. The number of aromatic carboxylic acids is 1. The van der Waals surface area contributed by atoms with Gasteiger partial charge in [0.1, 0.15) is 5.82 Å². The molecule has 3 N–H and O–H groups in total. The number of halogens is 1. The van der Waals surface area contributed by atoms with Crippen LogP contribution in [0.15, 0.2) is 18.2 Å². The minimum absolute atomic E-state index is 0.0726. The molecule has 0 fully saturated rings. The van der Waals surface area contributed by atoms with Crippen LogP contribution in [0.2, 0.25) is 0 Å². The van der Waals surface area contributed by atoms with E-state index >= 15 is 0 Å². The van der Waals surface area contributed by atoms with E-state index in [4.69, 9.17) is 10.2 Å². The molecule has 18 heavy (non-hydrogen) atoms. The third-order valence-corrected chi connectivity index (χ3v) is 2.84. The molecule has 1 aromatic rings. The zero-order chi connectivity index (χ0) is 13.5. The molecule has 0 aliphatic heterocycles. The lowest BCUT2D eigenvalue weighted by molar-refractivity contribution is 0.0696. The van der Waals surface area contributed by atoms with Crippen LogP contribution in [0.4, 0.5) is 4.39 Å².